The topological polar surface area (TPSA) is 43.6 Å². The number of carbonyl (C=O) groups excluding carboxylic acids is 1. The van der Waals surface area contributed by atoms with Crippen molar-refractivity contribution in [1.82, 2.24) is 9.38 Å². The molecule has 4 nitrogen and oxygen atoms in total. The van der Waals surface area contributed by atoms with Crippen molar-refractivity contribution >= 4 is 22.3 Å². The highest BCUT2D eigenvalue weighted by Crippen LogP contribution is 2.26. The van der Waals surface area contributed by atoms with Crippen molar-refractivity contribution in [3.05, 3.63) is 41.5 Å². The van der Waals surface area contributed by atoms with Crippen molar-refractivity contribution in [2.45, 2.75) is 104 Å². The molecule has 0 radical (unpaired) electrons. The summed E-state index contributed by atoms with van der Waals surface area (Å²) in [7, 11) is 0. The Morgan fingerprint density at radius 2 is 1.48 bits per heavy atom. The number of thiazole rings is 1. The van der Waals surface area contributed by atoms with E-state index >= 15 is 0 Å². The lowest BCUT2D eigenvalue weighted by atomic mass is 10.1. The van der Waals surface area contributed by atoms with Crippen LogP contribution in [0.3, 0.4) is 0 Å². The minimum atomic E-state index is -0.143. The number of carbonyl (C=O) groups is 1. The van der Waals surface area contributed by atoms with Gasteiger partial charge in [-0.15, -0.1) is 11.3 Å². The van der Waals surface area contributed by atoms with E-state index in [1.54, 1.807) is 11.3 Å². The van der Waals surface area contributed by atoms with Crippen molar-refractivity contribution in [2.75, 3.05) is 0 Å². The highest BCUT2D eigenvalue weighted by Gasteiger charge is 2.10. The third-order valence-electron chi connectivity index (χ3n) is 6.10. The second-order valence-electron chi connectivity index (χ2n) is 9.05. The minimum absolute atomic E-state index is 0.143. The first kappa shape index (κ1) is 25.5. The van der Waals surface area contributed by atoms with Crippen LogP contribution in [0.1, 0.15) is 102 Å². The SMILES string of the molecule is CCCCCCCCCc1cn2cc(-c3ccc(OC(=O)CCCCCCC)cc3)nc2s1. The lowest BCUT2D eigenvalue weighted by Gasteiger charge is -2.05. The molecule has 2 aromatic heterocycles. The number of nitrogens with zero attached hydrogens (tertiary/aromatic N) is 2. The van der Waals surface area contributed by atoms with Crippen LogP contribution in [0.2, 0.25) is 0 Å². The standard InChI is InChI=1S/C28H40N2O2S/c1-3-5-7-9-10-12-13-15-25-21-30-22-26(29-28(30)33-25)23-17-19-24(20-18-23)32-27(31)16-14-11-8-6-4-2/h17-22H,3-16H2,1-2H3. The Bertz CT molecular complexity index is 927. The summed E-state index contributed by atoms with van der Waals surface area (Å²) >= 11 is 1.79. The van der Waals surface area contributed by atoms with Gasteiger partial charge in [-0.2, -0.15) is 0 Å². The minimum Gasteiger partial charge on any atom is -0.427 e. The van der Waals surface area contributed by atoms with Crippen molar-refractivity contribution in [3.8, 4) is 17.0 Å². The predicted octanol–water partition coefficient (Wildman–Crippen LogP) is 8.62. The first-order valence-electron chi connectivity index (χ1n) is 13.0. The molecular formula is C28H40N2O2S. The van der Waals surface area contributed by atoms with Gasteiger partial charge in [0.05, 0.1) is 5.69 Å². The maximum atomic E-state index is 12.0. The van der Waals surface area contributed by atoms with Gasteiger partial charge in [-0.05, 0) is 43.5 Å². The van der Waals surface area contributed by atoms with E-state index in [1.165, 1.54) is 69.1 Å². The number of rotatable bonds is 16. The molecule has 0 atom stereocenters. The van der Waals surface area contributed by atoms with Gasteiger partial charge in [0.15, 0.2) is 4.96 Å². The lowest BCUT2D eigenvalue weighted by molar-refractivity contribution is -0.134. The maximum Gasteiger partial charge on any atom is 0.311 e. The van der Waals surface area contributed by atoms with E-state index in [9.17, 15) is 4.79 Å². The molecule has 0 saturated heterocycles. The Kier molecular flexibility index (Phi) is 11.0. The molecule has 0 amide bonds. The summed E-state index contributed by atoms with van der Waals surface area (Å²) in [5, 5.41) is 0. The Labute approximate surface area is 203 Å². The van der Waals surface area contributed by atoms with Crippen LogP contribution in [0.4, 0.5) is 0 Å². The fraction of sp³-hybridized carbons (Fsp3) is 0.571. The average molecular weight is 469 g/mol. The molecule has 0 N–H and O–H groups in total. The van der Waals surface area contributed by atoms with Gasteiger partial charge in [0.25, 0.3) is 0 Å². The van der Waals surface area contributed by atoms with Crippen molar-refractivity contribution in [1.29, 1.82) is 0 Å². The molecule has 0 fully saturated rings. The maximum absolute atomic E-state index is 12.0. The third-order valence-corrected chi connectivity index (χ3v) is 7.15. The third kappa shape index (κ3) is 8.62. The molecule has 5 heteroatoms. The number of unbranched alkanes of at least 4 members (excludes halogenated alkanes) is 10. The number of fused-ring (bicyclic) bond motifs is 1. The van der Waals surface area contributed by atoms with Crippen LogP contribution in [0.25, 0.3) is 16.2 Å². The molecule has 2 heterocycles. The lowest BCUT2D eigenvalue weighted by Crippen LogP contribution is -2.07. The highest BCUT2D eigenvalue weighted by molar-refractivity contribution is 7.17. The van der Waals surface area contributed by atoms with Crippen LogP contribution in [-0.2, 0) is 11.2 Å². The molecule has 0 spiro atoms. The number of imidazole rings is 1. The van der Waals surface area contributed by atoms with Crippen molar-refractivity contribution in [3.63, 3.8) is 0 Å². The number of hydrogen-bond donors (Lipinski definition) is 0. The van der Waals surface area contributed by atoms with E-state index in [4.69, 9.17) is 9.72 Å². The summed E-state index contributed by atoms with van der Waals surface area (Å²) in [6.07, 6.45) is 21.0. The molecule has 180 valence electrons. The quantitative estimate of drug-likeness (QED) is 0.120. The molecule has 0 unspecified atom stereocenters. The summed E-state index contributed by atoms with van der Waals surface area (Å²) in [5.41, 5.74) is 2.00. The highest BCUT2D eigenvalue weighted by atomic mass is 32.1. The Morgan fingerprint density at radius 1 is 0.848 bits per heavy atom. The molecule has 3 rings (SSSR count). The summed E-state index contributed by atoms with van der Waals surface area (Å²) < 4.78 is 7.62. The first-order valence-corrected chi connectivity index (χ1v) is 13.8. The summed E-state index contributed by atoms with van der Waals surface area (Å²) in [6.45, 7) is 4.46. The van der Waals surface area contributed by atoms with Crippen LogP contribution in [0.15, 0.2) is 36.7 Å². The summed E-state index contributed by atoms with van der Waals surface area (Å²) in [4.78, 5) is 19.3. The Morgan fingerprint density at radius 3 is 2.15 bits per heavy atom. The molecule has 0 bridgehead atoms. The number of aryl methyl sites for hydroxylation is 1. The van der Waals surface area contributed by atoms with E-state index in [0.29, 0.717) is 12.2 Å². The van der Waals surface area contributed by atoms with Crippen LogP contribution in [-0.4, -0.2) is 15.4 Å². The number of benzene rings is 1. The fourth-order valence-electron chi connectivity index (χ4n) is 4.10. The van der Waals surface area contributed by atoms with Crippen LogP contribution in [0.5, 0.6) is 5.75 Å². The summed E-state index contributed by atoms with van der Waals surface area (Å²) in [5.74, 6) is 0.463. The predicted molar refractivity (Wildman–Crippen MR) is 139 cm³/mol. The fourth-order valence-corrected chi connectivity index (χ4v) is 5.11. The molecule has 1 aromatic carbocycles. The van der Waals surface area contributed by atoms with Gasteiger partial charge in [0.1, 0.15) is 5.75 Å². The monoisotopic (exact) mass is 468 g/mol. The molecule has 0 aliphatic heterocycles. The Balaban J connectivity index is 1.44. The number of ether oxygens (including phenoxy) is 1. The second kappa shape index (κ2) is 14.2. The number of aromatic nitrogens is 2. The first-order chi connectivity index (χ1) is 16.2. The van der Waals surface area contributed by atoms with E-state index in [1.807, 2.05) is 24.3 Å². The van der Waals surface area contributed by atoms with Gasteiger partial charge in [-0.1, -0.05) is 78.1 Å². The van der Waals surface area contributed by atoms with Gasteiger partial charge < -0.3 is 4.74 Å². The van der Waals surface area contributed by atoms with Gasteiger partial charge in [-0.3, -0.25) is 9.20 Å². The molecule has 0 saturated carbocycles. The normalized spacial score (nSPS) is 11.3. The van der Waals surface area contributed by atoms with Crippen LogP contribution < -0.4 is 4.74 Å². The molecule has 3 aromatic rings. The van der Waals surface area contributed by atoms with Crippen LogP contribution >= 0.6 is 11.3 Å². The van der Waals surface area contributed by atoms with Gasteiger partial charge in [0, 0.05) is 29.3 Å². The molecule has 0 aliphatic carbocycles. The van der Waals surface area contributed by atoms with Gasteiger partial charge in [0.2, 0.25) is 0 Å². The zero-order chi connectivity index (χ0) is 23.3. The molecule has 0 aliphatic rings. The van der Waals surface area contributed by atoms with Gasteiger partial charge >= 0.3 is 5.97 Å². The molecule has 33 heavy (non-hydrogen) atoms. The Hall–Kier alpha value is -2.14. The van der Waals surface area contributed by atoms with Gasteiger partial charge in [-0.25, -0.2) is 4.98 Å². The van der Waals surface area contributed by atoms with E-state index in [0.717, 1.165) is 35.5 Å². The largest absolute Gasteiger partial charge is 0.427 e. The zero-order valence-corrected chi connectivity index (χ0v) is 21.3. The van der Waals surface area contributed by atoms with E-state index in [-0.39, 0.29) is 5.97 Å². The number of hydrogen-bond acceptors (Lipinski definition) is 4. The zero-order valence-electron chi connectivity index (χ0n) is 20.5. The smallest absolute Gasteiger partial charge is 0.311 e. The summed E-state index contributed by atoms with van der Waals surface area (Å²) in [6, 6.07) is 7.69. The van der Waals surface area contributed by atoms with E-state index in [2.05, 4.69) is 30.6 Å². The van der Waals surface area contributed by atoms with Crippen molar-refractivity contribution in [2.24, 2.45) is 0 Å². The second-order valence-corrected chi connectivity index (χ2v) is 10.1. The number of esters is 1. The van der Waals surface area contributed by atoms with Crippen LogP contribution in [0, 0.1) is 0 Å². The average Bonchev–Trinajstić information content (AvgIpc) is 3.38. The van der Waals surface area contributed by atoms with E-state index < -0.39 is 0 Å². The van der Waals surface area contributed by atoms with Crippen molar-refractivity contribution < 1.29 is 9.53 Å². The molecular weight excluding hydrogens is 428 g/mol.